The van der Waals surface area contributed by atoms with Crippen molar-refractivity contribution >= 4 is 16.6 Å². The molecule has 0 saturated heterocycles. The maximum absolute atomic E-state index is 4.25. The second kappa shape index (κ2) is 3.50. The van der Waals surface area contributed by atoms with Crippen LogP contribution in [0.4, 0.5) is 5.69 Å². The summed E-state index contributed by atoms with van der Waals surface area (Å²) in [5.41, 5.74) is 3.01. The minimum atomic E-state index is 0.938. The summed E-state index contributed by atoms with van der Waals surface area (Å²) in [5, 5.41) is 4.31. The molecular weight excluding hydrogens is 172 g/mol. The highest BCUT2D eigenvalue weighted by Crippen LogP contribution is 2.17. The Morgan fingerprint density at radius 2 is 2.21 bits per heavy atom. The van der Waals surface area contributed by atoms with Gasteiger partial charge in [0.1, 0.15) is 0 Å². The summed E-state index contributed by atoms with van der Waals surface area (Å²) < 4.78 is 0. The summed E-state index contributed by atoms with van der Waals surface area (Å²) in [6.45, 7) is 5.74. The molecule has 1 N–H and O–H groups in total. The fourth-order valence-corrected chi connectivity index (χ4v) is 1.40. The Kier molecular flexibility index (Phi) is 2.19. The Morgan fingerprint density at radius 1 is 1.36 bits per heavy atom. The van der Waals surface area contributed by atoms with Gasteiger partial charge in [-0.1, -0.05) is 12.6 Å². The Morgan fingerprint density at radius 3 is 3.00 bits per heavy atom. The van der Waals surface area contributed by atoms with Crippen molar-refractivity contribution in [3.8, 4) is 0 Å². The lowest BCUT2D eigenvalue weighted by molar-refractivity contribution is 1.38. The molecule has 2 rings (SSSR count). The van der Waals surface area contributed by atoms with Gasteiger partial charge in [0, 0.05) is 23.0 Å². The van der Waals surface area contributed by atoms with Crippen LogP contribution in [0, 0.1) is 0 Å². The first-order valence-electron chi connectivity index (χ1n) is 4.53. The van der Waals surface area contributed by atoms with Gasteiger partial charge >= 0.3 is 0 Å². The van der Waals surface area contributed by atoms with Crippen LogP contribution in [-0.4, -0.2) is 4.98 Å². The third kappa shape index (κ3) is 1.74. The van der Waals surface area contributed by atoms with E-state index in [0.29, 0.717) is 0 Å². The van der Waals surface area contributed by atoms with Crippen LogP contribution in [0.3, 0.4) is 0 Å². The molecule has 0 aliphatic rings. The van der Waals surface area contributed by atoms with E-state index >= 15 is 0 Å². The van der Waals surface area contributed by atoms with E-state index in [4.69, 9.17) is 0 Å². The van der Waals surface area contributed by atoms with E-state index in [1.165, 1.54) is 0 Å². The number of fused-ring (bicyclic) bond motifs is 1. The van der Waals surface area contributed by atoms with E-state index in [-0.39, 0.29) is 0 Å². The largest absolute Gasteiger partial charge is 0.360 e. The fourth-order valence-electron chi connectivity index (χ4n) is 1.40. The number of aromatic nitrogens is 1. The molecule has 0 aliphatic heterocycles. The number of allylic oxidation sites excluding steroid dienone is 1. The van der Waals surface area contributed by atoms with Gasteiger partial charge < -0.3 is 5.32 Å². The maximum atomic E-state index is 4.25. The Hall–Kier alpha value is -1.83. The second-order valence-corrected chi connectivity index (χ2v) is 3.32. The second-order valence-electron chi connectivity index (χ2n) is 3.32. The predicted octanol–water partition coefficient (Wildman–Crippen LogP) is 3.18. The van der Waals surface area contributed by atoms with Crippen LogP contribution in [0.25, 0.3) is 10.9 Å². The molecule has 0 atom stereocenters. The molecule has 0 fully saturated rings. The van der Waals surface area contributed by atoms with Gasteiger partial charge in [-0.25, -0.2) is 0 Å². The molecule has 2 heteroatoms. The zero-order valence-corrected chi connectivity index (χ0v) is 8.12. The molecule has 1 aromatic heterocycles. The van der Waals surface area contributed by atoms with Gasteiger partial charge in [-0.2, -0.15) is 0 Å². The third-order valence-electron chi connectivity index (χ3n) is 1.96. The number of rotatable bonds is 2. The number of nitrogens with one attached hydrogen (secondary N) is 1. The first-order chi connectivity index (χ1) is 6.75. The van der Waals surface area contributed by atoms with Crippen LogP contribution in [0.1, 0.15) is 6.92 Å². The minimum absolute atomic E-state index is 0.938. The van der Waals surface area contributed by atoms with Crippen molar-refractivity contribution < 1.29 is 0 Å². The average Bonchev–Trinajstić information content (AvgIpc) is 2.17. The van der Waals surface area contributed by atoms with Crippen molar-refractivity contribution in [3.05, 3.63) is 48.8 Å². The molecule has 0 radical (unpaired) electrons. The number of hydrogen-bond acceptors (Lipinski definition) is 2. The third-order valence-corrected chi connectivity index (χ3v) is 1.96. The standard InChI is InChI=1S/C12H12N2/c1-9(2)14-11-5-6-12-10(8-11)4-3-7-13-12/h3-8,14H,1H2,2H3. The summed E-state index contributed by atoms with van der Waals surface area (Å²) in [6, 6.07) is 10.1. The number of nitrogens with zero attached hydrogens (tertiary/aromatic N) is 1. The number of benzene rings is 1. The quantitative estimate of drug-likeness (QED) is 0.775. The predicted molar refractivity (Wildman–Crippen MR) is 60.2 cm³/mol. The van der Waals surface area contributed by atoms with Gasteiger partial charge in [0.2, 0.25) is 0 Å². The Labute approximate surface area is 83.3 Å². The van der Waals surface area contributed by atoms with Crippen LogP contribution in [-0.2, 0) is 0 Å². The molecule has 0 bridgehead atoms. The van der Waals surface area contributed by atoms with Crippen molar-refractivity contribution in [2.24, 2.45) is 0 Å². The highest BCUT2D eigenvalue weighted by atomic mass is 14.9. The zero-order valence-electron chi connectivity index (χ0n) is 8.12. The summed E-state index contributed by atoms with van der Waals surface area (Å²) in [4.78, 5) is 4.25. The number of hydrogen-bond donors (Lipinski definition) is 1. The van der Waals surface area contributed by atoms with Crippen molar-refractivity contribution in [2.45, 2.75) is 6.92 Å². The van der Waals surface area contributed by atoms with E-state index in [9.17, 15) is 0 Å². The number of pyridine rings is 1. The van der Waals surface area contributed by atoms with E-state index in [1.807, 2.05) is 31.2 Å². The van der Waals surface area contributed by atoms with E-state index < -0.39 is 0 Å². The van der Waals surface area contributed by atoms with Crippen molar-refractivity contribution in [2.75, 3.05) is 5.32 Å². The number of anilines is 1. The Balaban J connectivity index is 2.46. The van der Waals surface area contributed by atoms with Gasteiger partial charge in [-0.05, 0) is 31.2 Å². The van der Waals surface area contributed by atoms with E-state index in [1.54, 1.807) is 6.20 Å². The molecule has 14 heavy (non-hydrogen) atoms. The molecular formula is C12H12N2. The molecule has 0 unspecified atom stereocenters. The Bertz CT molecular complexity index is 474. The highest BCUT2D eigenvalue weighted by Gasteiger charge is 1.95. The van der Waals surface area contributed by atoms with Crippen LogP contribution >= 0.6 is 0 Å². The first kappa shape index (κ1) is 8.75. The van der Waals surface area contributed by atoms with Gasteiger partial charge in [0.05, 0.1) is 5.52 Å². The topological polar surface area (TPSA) is 24.9 Å². The van der Waals surface area contributed by atoms with Gasteiger partial charge in [0.15, 0.2) is 0 Å². The van der Waals surface area contributed by atoms with Gasteiger partial charge in [0.25, 0.3) is 0 Å². The van der Waals surface area contributed by atoms with Crippen molar-refractivity contribution in [1.29, 1.82) is 0 Å². The molecule has 2 aromatic rings. The normalized spacial score (nSPS) is 10.1. The lowest BCUT2D eigenvalue weighted by atomic mass is 10.2. The summed E-state index contributed by atoms with van der Waals surface area (Å²) in [5.74, 6) is 0. The zero-order chi connectivity index (χ0) is 9.97. The van der Waals surface area contributed by atoms with E-state index in [0.717, 1.165) is 22.3 Å². The van der Waals surface area contributed by atoms with E-state index in [2.05, 4.69) is 22.9 Å². The average molecular weight is 184 g/mol. The lowest BCUT2D eigenvalue weighted by Gasteiger charge is -2.05. The first-order valence-corrected chi connectivity index (χ1v) is 4.53. The summed E-state index contributed by atoms with van der Waals surface area (Å²) in [7, 11) is 0. The molecule has 2 nitrogen and oxygen atoms in total. The monoisotopic (exact) mass is 184 g/mol. The van der Waals surface area contributed by atoms with Crippen LogP contribution in [0.15, 0.2) is 48.8 Å². The molecule has 0 saturated carbocycles. The lowest BCUT2D eigenvalue weighted by Crippen LogP contribution is -1.93. The summed E-state index contributed by atoms with van der Waals surface area (Å²) in [6.07, 6.45) is 1.80. The van der Waals surface area contributed by atoms with Gasteiger partial charge in [-0.15, -0.1) is 0 Å². The summed E-state index contributed by atoms with van der Waals surface area (Å²) >= 11 is 0. The van der Waals surface area contributed by atoms with Crippen LogP contribution in [0.5, 0.6) is 0 Å². The molecule has 0 spiro atoms. The van der Waals surface area contributed by atoms with Crippen LogP contribution in [0.2, 0.25) is 0 Å². The minimum Gasteiger partial charge on any atom is -0.360 e. The maximum Gasteiger partial charge on any atom is 0.0703 e. The SMILES string of the molecule is C=C(C)Nc1ccc2ncccc2c1. The molecule has 0 amide bonds. The molecule has 0 aliphatic carbocycles. The van der Waals surface area contributed by atoms with Gasteiger partial charge in [-0.3, -0.25) is 4.98 Å². The molecule has 1 aromatic carbocycles. The van der Waals surface area contributed by atoms with Crippen LogP contribution < -0.4 is 5.32 Å². The highest BCUT2D eigenvalue weighted by molar-refractivity contribution is 5.82. The molecule has 70 valence electrons. The smallest absolute Gasteiger partial charge is 0.0703 e. The fraction of sp³-hybridized carbons (Fsp3) is 0.0833. The van der Waals surface area contributed by atoms with Crippen molar-refractivity contribution in [1.82, 2.24) is 4.98 Å². The van der Waals surface area contributed by atoms with Crippen molar-refractivity contribution in [3.63, 3.8) is 0 Å². The molecule has 1 heterocycles.